The highest BCUT2D eigenvalue weighted by Gasteiger charge is 2.49. The summed E-state index contributed by atoms with van der Waals surface area (Å²) in [5.41, 5.74) is 3.88. The monoisotopic (exact) mass is 789 g/mol. The van der Waals surface area contributed by atoms with Gasteiger partial charge < -0.3 is 28.7 Å². The molecule has 3 fully saturated rings. The standard InChI is InChI=1S/C43H47N7O8/c1-46(22-33-35(57-3)17-26(18-36(33)58-4)32-21-47(2)40(54)31-20-44-14-12-28(31)32)38(52)7-5-6-15-48-16-13-43(23-48)24-49(25-43)27-8-9-29-30(19-27)42(56)50(41(29)55)34-10-11-37(51)45-39(34)53/h8-9,12,14,17-21,34H,5-7,10-11,13,15-16,22-25H2,1-4H3,(H,45,51,53). The van der Waals surface area contributed by atoms with Gasteiger partial charge in [0.05, 0.1) is 42.8 Å². The zero-order chi connectivity index (χ0) is 40.9. The topological polar surface area (TPSA) is 164 Å². The maximum absolute atomic E-state index is 13.3. The number of piperidine rings is 1. The molecule has 2 aromatic carbocycles. The molecular weight excluding hydrogens is 743 g/mol. The first-order chi connectivity index (χ1) is 27.9. The first-order valence-electron chi connectivity index (χ1n) is 19.7. The first kappa shape index (κ1) is 38.8. The summed E-state index contributed by atoms with van der Waals surface area (Å²) in [5.74, 6) is -0.816. The predicted molar refractivity (Wildman–Crippen MR) is 215 cm³/mol. The second kappa shape index (κ2) is 15.3. The van der Waals surface area contributed by atoms with Crippen molar-refractivity contribution in [3.63, 3.8) is 0 Å². The van der Waals surface area contributed by atoms with Crippen LogP contribution in [0.15, 0.2) is 59.8 Å². The molecule has 1 atom stereocenters. The minimum absolute atomic E-state index is 0.0343. The molecular formula is C43H47N7O8. The van der Waals surface area contributed by atoms with Crippen molar-refractivity contribution in [3.05, 3.63) is 82.0 Å². The van der Waals surface area contributed by atoms with Crippen LogP contribution in [-0.4, -0.2) is 114 Å². The first-order valence-corrected chi connectivity index (χ1v) is 19.7. The number of likely N-dealkylation sites (tertiary alicyclic amines) is 1. The summed E-state index contributed by atoms with van der Waals surface area (Å²) in [4.78, 5) is 88.1. The molecule has 0 bridgehead atoms. The number of amides is 5. The normalized spacial score (nSPS) is 18.8. The molecule has 58 heavy (non-hydrogen) atoms. The van der Waals surface area contributed by atoms with E-state index in [2.05, 4.69) is 20.1 Å². The molecule has 4 aromatic rings. The summed E-state index contributed by atoms with van der Waals surface area (Å²) >= 11 is 0. The van der Waals surface area contributed by atoms with Gasteiger partial charge in [-0.2, -0.15) is 0 Å². The summed E-state index contributed by atoms with van der Waals surface area (Å²) in [7, 11) is 6.68. The van der Waals surface area contributed by atoms with Crippen molar-refractivity contribution in [2.24, 2.45) is 12.5 Å². The van der Waals surface area contributed by atoms with Crippen LogP contribution in [0.3, 0.4) is 0 Å². The van der Waals surface area contributed by atoms with Crippen LogP contribution >= 0.6 is 0 Å². The number of unbranched alkanes of at least 4 members (excludes halogenated alkanes) is 1. The third-order valence-electron chi connectivity index (χ3n) is 12.2. The molecule has 1 spiro atoms. The molecule has 2 aromatic heterocycles. The molecule has 5 amide bonds. The number of pyridine rings is 2. The second-order valence-corrected chi connectivity index (χ2v) is 16.0. The van der Waals surface area contributed by atoms with E-state index in [0.717, 1.165) is 84.7 Å². The molecule has 15 heteroatoms. The highest BCUT2D eigenvalue weighted by molar-refractivity contribution is 6.23. The zero-order valence-corrected chi connectivity index (χ0v) is 33.2. The van der Waals surface area contributed by atoms with E-state index in [9.17, 15) is 28.8 Å². The largest absolute Gasteiger partial charge is 0.496 e. The minimum Gasteiger partial charge on any atom is -0.496 e. The maximum atomic E-state index is 13.3. The Morgan fingerprint density at radius 3 is 2.40 bits per heavy atom. The third kappa shape index (κ3) is 6.97. The summed E-state index contributed by atoms with van der Waals surface area (Å²) in [6.45, 7) is 4.85. The number of rotatable bonds is 12. The number of carbonyl (C=O) groups is 5. The molecule has 3 saturated heterocycles. The van der Waals surface area contributed by atoms with Crippen molar-refractivity contribution in [2.75, 3.05) is 58.9 Å². The third-order valence-corrected chi connectivity index (χ3v) is 12.2. The van der Waals surface area contributed by atoms with E-state index in [4.69, 9.17) is 9.47 Å². The van der Waals surface area contributed by atoms with Crippen LogP contribution in [0.25, 0.3) is 21.9 Å². The smallest absolute Gasteiger partial charge is 0.262 e. The summed E-state index contributed by atoms with van der Waals surface area (Å²) in [6, 6.07) is 9.95. The minimum atomic E-state index is -0.984. The number of methoxy groups -OCH3 is 2. The van der Waals surface area contributed by atoms with Gasteiger partial charge in [-0.3, -0.25) is 44.0 Å². The number of carbonyl (C=O) groups excluding carboxylic acids is 5. The van der Waals surface area contributed by atoms with Crippen molar-refractivity contribution in [2.45, 2.75) is 51.1 Å². The molecule has 4 aliphatic heterocycles. The van der Waals surface area contributed by atoms with Crippen LogP contribution in [0.2, 0.25) is 0 Å². The fourth-order valence-corrected chi connectivity index (χ4v) is 9.04. The van der Waals surface area contributed by atoms with Crippen LogP contribution in [0.5, 0.6) is 11.5 Å². The number of nitrogens with zero attached hydrogens (tertiary/aromatic N) is 6. The number of aryl methyl sites for hydroxylation is 1. The van der Waals surface area contributed by atoms with Gasteiger partial charge in [0.1, 0.15) is 17.5 Å². The van der Waals surface area contributed by atoms with E-state index in [1.165, 1.54) is 4.57 Å². The number of ether oxygens (including phenoxy) is 2. The quantitative estimate of drug-likeness (QED) is 0.166. The zero-order valence-electron chi connectivity index (χ0n) is 33.2. The molecule has 302 valence electrons. The lowest BCUT2D eigenvalue weighted by Gasteiger charge is -2.49. The van der Waals surface area contributed by atoms with E-state index in [0.29, 0.717) is 35.4 Å². The van der Waals surface area contributed by atoms with Crippen LogP contribution in [-0.2, 0) is 28.0 Å². The number of benzene rings is 2. The van der Waals surface area contributed by atoms with E-state index in [1.54, 1.807) is 63.9 Å². The lowest BCUT2D eigenvalue weighted by molar-refractivity contribution is -0.136. The predicted octanol–water partition coefficient (Wildman–Crippen LogP) is 3.36. The van der Waals surface area contributed by atoms with Gasteiger partial charge in [0.2, 0.25) is 17.7 Å². The molecule has 1 unspecified atom stereocenters. The Kier molecular flexibility index (Phi) is 10.3. The Hall–Kier alpha value is -6.09. The van der Waals surface area contributed by atoms with Gasteiger partial charge >= 0.3 is 0 Å². The molecule has 8 rings (SSSR count). The highest BCUT2D eigenvalue weighted by Crippen LogP contribution is 2.43. The van der Waals surface area contributed by atoms with E-state index < -0.39 is 29.7 Å². The molecule has 6 heterocycles. The second-order valence-electron chi connectivity index (χ2n) is 16.0. The van der Waals surface area contributed by atoms with Crippen LogP contribution in [0.4, 0.5) is 5.69 Å². The van der Waals surface area contributed by atoms with Crippen LogP contribution in [0.1, 0.15) is 64.8 Å². The molecule has 4 aliphatic rings. The van der Waals surface area contributed by atoms with Gasteiger partial charge in [-0.1, -0.05) is 0 Å². The molecule has 15 nitrogen and oxygen atoms in total. The van der Waals surface area contributed by atoms with Gasteiger partial charge in [-0.25, -0.2) is 0 Å². The molecule has 0 saturated carbocycles. The van der Waals surface area contributed by atoms with Crippen molar-refractivity contribution in [3.8, 4) is 22.6 Å². The Balaban J connectivity index is 0.821. The molecule has 0 aliphatic carbocycles. The van der Waals surface area contributed by atoms with Gasteiger partial charge in [-0.15, -0.1) is 0 Å². The van der Waals surface area contributed by atoms with Crippen molar-refractivity contribution >= 4 is 46.0 Å². The Morgan fingerprint density at radius 1 is 0.931 bits per heavy atom. The van der Waals surface area contributed by atoms with Crippen molar-refractivity contribution < 1.29 is 33.4 Å². The summed E-state index contributed by atoms with van der Waals surface area (Å²) < 4.78 is 13.2. The highest BCUT2D eigenvalue weighted by atomic mass is 16.5. The van der Waals surface area contributed by atoms with E-state index >= 15 is 0 Å². The molecule has 0 radical (unpaired) electrons. The number of aromatic nitrogens is 2. The van der Waals surface area contributed by atoms with Crippen LogP contribution in [0, 0.1) is 5.41 Å². The van der Waals surface area contributed by atoms with E-state index in [1.807, 2.05) is 24.3 Å². The summed E-state index contributed by atoms with van der Waals surface area (Å²) in [5, 5.41) is 3.53. The van der Waals surface area contributed by atoms with Crippen molar-refractivity contribution in [1.82, 2.24) is 29.6 Å². The van der Waals surface area contributed by atoms with E-state index in [-0.39, 0.29) is 35.3 Å². The van der Waals surface area contributed by atoms with Crippen molar-refractivity contribution in [1.29, 1.82) is 0 Å². The maximum Gasteiger partial charge on any atom is 0.262 e. The number of hydrogen-bond acceptors (Lipinski definition) is 11. The van der Waals surface area contributed by atoms with Gasteiger partial charge in [0.25, 0.3) is 17.4 Å². The number of fused-ring (bicyclic) bond motifs is 2. The fraction of sp³-hybridized carbons (Fsp3) is 0.419. The fourth-order valence-electron chi connectivity index (χ4n) is 9.04. The average Bonchev–Trinajstić information content (AvgIpc) is 3.75. The van der Waals surface area contributed by atoms with Gasteiger partial charge in [-0.05, 0) is 86.1 Å². The summed E-state index contributed by atoms with van der Waals surface area (Å²) in [6.07, 6.45) is 8.39. The SMILES string of the molecule is COc1cc(-c2cn(C)c(=O)c3cnccc23)cc(OC)c1CN(C)C(=O)CCCCN1CCC2(C1)CN(c1ccc3c(c1)C(=O)N(C1CCC(=O)NC1=O)C3=O)C2. The number of hydrogen-bond donors (Lipinski definition) is 1. The number of anilines is 1. The Bertz CT molecular complexity index is 2400. The number of imide groups is 2. The lowest BCUT2D eigenvalue weighted by Crippen LogP contribution is -2.57. The Morgan fingerprint density at radius 2 is 1.67 bits per heavy atom. The molecule has 1 N–H and O–H groups in total. The average molecular weight is 790 g/mol. The van der Waals surface area contributed by atoms with Crippen LogP contribution < -0.4 is 25.2 Å². The van der Waals surface area contributed by atoms with Gasteiger partial charge in [0.15, 0.2) is 0 Å². The van der Waals surface area contributed by atoms with Gasteiger partial charge in [0, 0.05) is 81.8 Å². The Labute approximate surface area is 335 Å². The number of nitrogens with one attached hydrogen (secondary N) is 1. The lowest BCUT2D eigenvalue weighted by atomic mass is 9.78.